The van der Waals surface area contributed by atoms with Crippen LogP contribution in [0.3, 0.4) is 0 Å². The van der Waals surface area contributed by atoms with Crippen LogP contribution in [0.25, 0.3) is 0 Å². The van der Waals surface area contributed by atoms with Crippen LogP contribution < -0.4 is 11.1 Å². The Morgan fingerprint density at radius 1 is 1.53 bits per heavy atom. The van der Waals surface area contributed by atoms with Crippen molar-refractivity contribution in [2.24, 2.45) is 5.73 Å². The van der Waals surface area contributed by atoms with Crippen LogP contribution in [0.1, 0.15) is 25.2 Å². The molecule has 1 aromatic heterocycles. The first-order valence-electron chi connectivity index (χ1n) is 4.71. The number of hydrogen-bond donors (Lipinski definition) is 2. The van der Waals surface area contributed by atoms with E-state index in [2.05, 4.69) is 15.3 Å². The molecule has 0 saturated carbocycles. The second-order valence-electron chi connectivity index (χ2n) is 4.04. The third kappa shape index (κ3) is 3.18. The molecule has 0 radical (unpaired) electrons. The smallest absolute Gasteiger partial charge is 0.224 e. The molecule has 1 rings (SSSR count). The molecule has 0 aliphatic carbocycles. The van der Waals surface area contributed by atoms with Gasteiger partial charge in [-0.3, -0.25) is 0 Å². The van der Waals surface area contributed by atoms with Gasteiger partial charge in [0.05, 0.1) is 0 Å². The van der Waals surface area contributed by atoms with Crippen LogP contribution in [-0.2, 0) is 0 Å². The minimum atomic E-state index is -0.277. The number of aromatic nitrogens is 2. The highest BCUT2D eigenvalue weighted by atomic mass is 15.1. The van der Waals surface area contributed by atoms with E-state index in [0.717, 1.165) is 5.69 Å². The standard InChI is InChI=1S/C10H15N5/c1-7-4-8(5-11)14-9(13-7)15-10(2,3)6-12/h4H,6,12H2,1-3H3,(H,13,14,15). The first kappa shape index (κ1) is 11.4. The Morgan fingerprint density at radius 3 is 2.73 bits per heavy atom. The third-order valence-electron chi connectivity index (χ3n) is 1.93. The molecule has 5 nitrogen and oxygen atoms in total. The van der Waals surface area contributed by atoms with Crippen LogP contribution >= 0.6 is 0 Å². The minimum Gasteiger partial charge on any atom is -0.348 e. The van der Waals surface area contributed by atoms with Gasteiger partial charge in [0.25, 0.3) is 0 Å². The van der Waals surface area contributed by atoms with Gasteiger partial charge in [-0.15, -0.1) is 0 Å². The van der Waals surface area contributed by atoms with E-state index in [9.17, 15) is 0 Å². The van der Waals surface area contributed by atoms with Crippen molar-refractivity contribution < 1.29 is 0 Å². The summed E-state index contributed by atoms with van der Waals surface area (Å²) < 4.78 is 0. The van der Waals surface area contributed by atoms with E-state index in [4.69, 9.17) is 11.0 Å². The molecule has 0 atom stereocenters. The first-order valence-corrected chi connectivity index (χ1v) is 4.71. The van der Waals surface area contributed by atoms with E-state index in [1.165, 1.54) is 0 Å². The molecule has 0 amide bonds. The molecule has 1 aromatic rings. The molecule has 80 valence electrons. The summed E-state index contributed by atoms with van der Waals surface area (Å²) in [6.45, 7) is 6.19. The van der Waals surface area contributed by atoms with Crippen LogP contribution in [0.15, 0.2) is 6.07 Å². The fraction of sp³-hybridized carbons (Fsp3) is 0.500. The summed E-state index contributed by atoms with van der Waals surface area (Å²) in [5, 5.41) is 11.8. The Kier molecular flexibility index (Phi) is 3.22. The van der Waals surface area contributed by atoms with Gasteiger partial charge in [0.15, 0.2) is 0 Å². The number of anilines is 1. The topological polar surface area (TPSA) is 87.6 Å². The molecule has 1 heterocycles. The minimum absolute atomic E-state index is 0.277. The maximum atomic E-state index is 8.75. The molecule has 0 saturated heterocycles. The highest BCUT2D eigenvalue weighted by Crippen LogP contribution is 2.10. The molecule has 3 N–H and O–H groups in total. The molecule has 0 bridgehead atoms. The van der Waals surface area contributed by atoms with Crippen molar-refractivity contribution in [2.75, 3.05) is 11.9 Å². The number of hydrogen-bond acceptors (Lipinski definition) is 5. The Bertz CT molecular complexity index is 391. The summed E-state index contributed by atoms with van der Waals surface area (Å²) >= 11 is 0. The van der Waals surface area contributed by atoms with Crippen LogP contribution in [0.2, 0.25) is 0 Å². The van der Waals surface area contributed by atoms with Crippen molar-refractivity contribution in [3.05, 3.63) is 17.5 Å². The molecular weight excluding hydrogens is 190 g/mol. The highest BCUT2D eigenvalue weighted by Gasteiger charge is 2.16. The third-order valence-corrected chi connectivity index (χ3v) is 1.93. The Hall–Kier alpha value is -1.67. The average Bonchev–Trinajstić information content (AvgIpc) is 2.16. The number of nitriles is 1. The van der Waals surface area contributed by atoms with Gasteiger partial charge in [0.1, 0.15) is 11.8 Å². The summed E-state index contributed by atoms with van der Waals surface area (Å²) in [5.74, 6) is 0.446. The van der Waals surface area contributed by atoms with Crippen molar-refractivity contribution >= 4 is 5.95 Å². The molecule has 15 heavy (non-hydrogen) atoms. The van der Waals surface area contributed by atoms with E-state index in [1.54, 1.807) is 6.07 Å². The molecule has 0 aliphatic heterocycles. The zero-order chi connectivity index (χ0) is 11.5. The molecule has 0 fully saturated rings. The zero-order valence-electron chi connectivity index (χ0n) is 9.20. The van der Waals surface area contributed by atoms with Gasteiger partial charge in [-0.25, -0.2) is 9.97 Å². The Labute approximate surface area is 89.3 Å². The predicted octanol–water partition coefficient (Wildman–Crippen LogP) is 0.806. The predicted molar refractivity (Wildman–Crippen MR) is 58.2 cm³/mol. The fourth-order valence-corrected chi connectivity index (χ4v) is 1.04. The number of rotatable bonds is 3. The molecule has 5 heteroatoms. The van der Waals surface area contributed by atoms with Crippen molar-refractivity contribution in [1.29, 1.82) is 5.26 Å². The normalized spacial score (nSPS) is 10.9. The second-order valence-corrected chi connectivity index (χ2v) is 4.04. The van der Waals surface area contributed by atoms with Gasteiger partial charge in [-0.2, -0.15) is 5.26 Å². The lowest BCUT2D eigenvalue weighted by molar-refractivity contribution is 0.573. The maximum Gasteiger partial charge on any atom is 0.224 e. The molecule has 0 spiro atoms. The van der Waals surface area contributed by atoms with Crippen LogP contribution in [0, 0.1) is 18.3 Å². The number of nitrogens with one attached hydrogen (secondary N) is 1. The summed E-state index contributed by atoms with van der Waals surface area (Å²) in [6, 6.07) is 3.63. The Morgan fingerprint density at radius 2 is 2.20 bits per heavy atom. The highest BCUT2D eigenvalue weighted by molar-refractivity contribution is 5.35. The quantitative estimate of drug-likeness (QED) is 0.762. The van der Waals surface area contributed by atoms with E-state index in [-0.39, 0.29) is 5.54 Å². The van der Waals surface area contributed by atoms with Gasteiger partial charge >= 0.3 is 0 Å². The summed E-state index contributed by atoms with van der Waals surface area (Å²) in [4.78, 5) is 8.23. The first-order chi connectivity index (χ1) is 6.96. The monoisotopic (exact) mass is 205 g/mol. The lowest BCUT2D eigenvalue weighted by Crippen LogP contribution is -2.39. The van der Waals surface area contributed by atoms with Crippen molar-refractivity contribution in [1.82, 2.24) is 9.97 Å². The number of nitrogens with two attached hydrogens (primary N) is 1. The fourth-order valence-electron chi connectivity index (χ4n) is 1.04. The zero-order valence-corrected chi connectivity index (χ0v) is 9.20. The lowest BCUT2D eigenvalue weighted by Gasteiger charge is -2.24. The summed E-state index contributed by atoms with van der Waals surface area (Å²) in [5.41, 5.74) is 6.42. The molecule has 0 unspecified atom stereocenters. The van der Waals surface area contributed by atoms with E-state index in [1.807, 2.05) is 26.8 Å². The van der Waals surface area contributed by atoms with Crippen LogP contribution in [0.5, 0.6) is 0 Å². The Balaban J connectivity index is 2.96. The van der Waals surface area contributed by atoms with Gasteiger partial charge in [-0.1, -0.05) is 0 Å². The SMILES string of the molecule is Cc1cc(C#N)nc(NC(C)(C)CN)n1. The molecule has 0 aliphatic rings. The van der Waals surface area contributed by atoms with Crippen LogP contribution in [-0.4, -0.2) is 22.1 Å². The van der Waals surface area contributed by atoms with E-state index in [0.29, 0.717) is 18.2 Å². The van der Waals surface area contributed by atoms with E-state index >= 15 is 0 Å². The molecular formula is C10H15N5. The molecule has 0 aromatic carbocycles. The average molecular weight is 205 g/mol. The van der Waals surface area contributed by atoms with Crippen molar-refractivity contribution in [3.8, 4) is 6.07 Å². The summed E-state index contributed by atoms with van der Waals surface area (Å²) in [7, 11) is 0. The number of aryl methyl sites for hydroxylation is 1. The van der Waals surface area contributed by atoms with Crippen LogP contribution in [0.4, 0.5) is 5.95 Å². The lowest BCUT2D eigenvalue weighted by atomic mass is 10.1. The van der Waals surface area contributed by atoms with E-state index < -0.39 is 0 Å². The van der Waals surface area contributed by atoms with Gasteiger partial charge in [0.2, 0.25) is 5.95 Å². The van der Waals surface area contributed by atoms with Gasteiger partial charge < -0.3 is 11.1 Å². The van der Waals surface area contributed by atoms with Gasteiger partial charge in [-0.05, 0) is 26.8 Å². The maximum absolute atomic E-state index is 8.75. The van der Waals surface area contributed by atoms with Crippen molar-refractivity contribution in [3.63, 3.8) is 0 Å². The second kappa shape index (κ2) is 4.24. The summed E-state index contributed by atoms with van der Waals surface area (Å²) in [6.07, 6.45) is 0. The number of nitrogens with zero attached hydrogens (tertiary/aromatic N) is 3. The largest absolute Gasteiger partial charge is 0.348 e. The van der Waals surface area contributed by atoms with Gasteiger partial charge in [0, 0.05) is 17.8 Å². The van der Waals surface area contributed by atoms with Crippen molar-refractivity contribution in [2.45, 2.75) is 26.3 Å².